The normalized spacial score (nSPS) is 11.0. The molecule has 0 aliphatic rings. The Hall–Kier alpha value is -2.34. The van der Waals surface area contributed by atoms with Crippen LogP contribution in [0.3, 0.4) is 0 Å². The first-order valence-corrected chi connectivity index (χ1v) is 8.09. The van der Waals surface area contributed by atoms with Gasteiger partial charge in [0.05, 0.1) is 12.8 Å². The smallest absolute Gasteiger partial charge is 0.343 e. The van der Waals surface area contributed by atoms with Crippen LogP contribution in [-0.2, 0) is 21.0 Å². The lowest BCUT2D eigenvalue weighted by atomic mass is 10.1. The Balaban J connectivity index is 1.87. The van der Waals surface area contributed by atoms with E-state index >= 15 is 0 Å². The number of methoxy groups -OCH3 is 1. The average Bonchev–Trinajstić information content (AvgIpc) is 2.61. The first-order chi connectivity index (χ1) is 11.6. The van der Waals surface area contributed by atoms with Crippen LogP contribution in [-0.4, -0.2) is 25.4 Å². The van der Waals surface area contributed by atoms with Crippen molar-refractivity contribution < 1.29 is 19.1 Å². The molecule has 0 heterocycles. The SMILES string of the molecule is COC(=O)COc1ccc(C(C)=NOCc2ccc(Br)cc2)cc1. The third-order valence-electron chi connectivity index (χ3n) is 3.20. The minimum Gasteiger partial charge on any atom is -0.482 e. The molecule has 0 saturated carbocycles. The molecule has 24 heavy (non-hydrogen) atoms. The lowest BCUT2D eigenvalue weighted by Crippen LogP contribution is -2.12. The molecule has 0 fully saturated rings. The second-order valence-electron chi connectivity index (χ2n) is 4.97. The van der Waals surface area contributed by atoms with Gasteiger partial charge in [0, 0.05) is 4.47 Å². The summed E-state index contributed by atoms with van der Waals surface area (Å²) in [7, 11) is 1.32. The van der Waals surface area contributed by atoms with Gasteiger partial charge in [-0.05, 0) is 54.4 Å². The molecule has 5 nitrogen and oxygen atoms in total. The van der Waals surface area contributed by atoms with Gasteiger partial charge < -0.3 is 14.3 Å². The first-order valence-electron chi connectivity index (χ1n) is 7.29. The van der Waals surface area contributed by atoms with Crippen molar-refractivity contribution in [3.63, 3.8) is 0 Å². The molecule has 0 spiro atoms. The van der Waals surface area contributed by atoms with E-state index in [1.54, 1.807) is 12.1 Å². The quantitative estimate of drug-likeness (QED) is 0.407. The van der Waals surface area contributed by atoms with Gasteiger partial charge in [-0.15, -0.1) is 0 Å². The minimum atomic E-state index is -0.418. The Bertz CT molecular complexity index is 696. The lowest BCUT2D eigenvalue weighted by molar-refractivity contribution is -0.142. The highest BCUT2D eigenvalue weighted by molar-refractivity contribution is 9.10. The van der Waals surface area contributed by atoms with Crippen LogP contribution >= 0.6 is 15.9 Å². The Morgan fingerprint density at radius 1 is 1.08 bits per heavy atom. The van der Waals surface area contributed by atoms with E-state index in [0.717, 1.165) is 21.3 Å². The number of esters is 1. The van der Waals surface area contributed by atoms with Crippen LogP contribution in [0.4, 0.5) is 0 Å². The Morgan fingerprint density at radius 3 is 2.38 bits per heavy atom. The van der Waals surface area contributed by atoms with Crippen molar-refractivity contribution in [2.24, 2.45) is 5.16 Å². The highest BCUT2D eigenvalue weighted by Crippen LogP contribution is 2.14. The average molecular weight is 392 g/mol. The minimum absolute atomic E-state index is 0.112. The van der Waals surface area contributed by atoms with E-state index < -0.39 is 5.97 Å². The summed E-state index contributed by atoms with van der Waals surface area (Å²) in [6.45, 7) is 2.16. The molecule has 0 unspecified atom stereocenters. The molecule has 2 rings (SSSR count). The summed E-state index contributed by atoms with van der Waals surface area (Å²) in [6.07, 6.45) is 0. The number of hydrogen-bond acceptors (Lipinski definition) is 5. The van der Waals surface area contributed by atoms with Crippen LogP contribution in [0.2, 0.25) is 0 Å². The van der Waals surface area contributed by atoms with Crippen LogP contribution < -0.4 is 4.74 Å². The summed E-state index contributed by atoms with van der Waals surface area (Å²) in [5.74, 6) is 0.172. The van der Waals surface area contributed by atoms with Gasteiger partial charge in [0.2, 0.25) is 0 Å². The molecule has 0 N–H and O–H groups in total. The van der Waals surface area contributed by atoms with Gasteiger partial charge >= 0.3 is 5.97 Å². The van der Waals surface area contributed by atoms with Crippen LogP contribution in [0, 0.1) is 0 Å². The second-order valence-corrected chi connectivity index (χ2v) is 5.88. The van der Waals surface area contributed by atoms with Crippen molar-refractivity contribution in [3.05, 3.63) is 64.1 Å². The number of ether oxygens (including phenoxy) is 2. The fourth-order valence-corrected chi connectivity index (χ4v) is 2.09. The monoisotopic (exact) mass is 391 g/mol. The molecule has 0 radical (unpaired) electrons. The molecule has 0 saturated heterocycles. The zero-order chi connectivity index (χ0) is 17.4. The molecule has 126 valence electrons. The van der Waals surface area contributed by atoms with Crippen molar-refractivity contribution in [2.75, 3.05) is 13.7 Å². The van der Waals surface area contributed by atoms with Gasteiger partial charge in [0.15, 0.2) is 6.61 Å². The molecule has 0 aliphatic carbocycles. The summed E-state index contributed by atoms with van der Waals surface area (Å²) in [6, 6.07) is 15.1. The van der Waals surface area contributed by atoms with E-state index in [4.69, 9.17) is 9.57 Å². The van der Waals surface area contributed by atoms with E-state index in [-0.39, 0.29) is 6.61 Å². The number of nitrogens with zero attached hydrogens (tertiary/aromatic N) is 1. The molecule has 6 heteroatoms. The predicted molar refractivity (Wildman–Crippen MR) is 95.1 cm³/mol. The highest BCUT2D eigenvalue weighted by atomic mass is 79.9. The summed E-state index contributed by atoms with van der Waals surface area (Å²) >= 11 is 3.39. The molecule has 0 aromatic heterocycles. The molecule has 2 aromatic carbocycles. The van der Waals surface area contributed by atoms with Crippen LogP contribution in [0.25, 0.3) is 0 Å². The number of rotatable bonds is 7. The molecule has 0 atom stereocenters. The van der Waals surface area contributed by atoms with Crippen molar-refractivity contribution in [1.82, 2.24) is 0 Å². The van der Waals surface area contributed by atoms with Crippen molar-refractivity contribution in [3.8, 4) is 5.75 Å². The van der Waals surface area contributed by atoms with Gasteiger partial charge in [-0.3, -0.25) is 0 Å². The number of hydrogen-bond donors (Lipinski definition) is 0. The maximum Gasteiger partial charge on any atom is 0.343 e. The van der Waals surface area contributed by atoms with E-state index in [2.05, 4.69) is 25.8 Å². The lowest BCUT2D eigenvalue weighted by Gasteiger charge is -2.06. The van der Waals surface area contributed by atoms with Crippen LogP contribution in [0.15, 0.2) is 58.2 Å². The van der Waals surface area contributed by atoms with E-state index in [9.17, 15) is 4.79 Å². The Morgan fingerprint density at radius 2 is 1.75 bits per heavy atom. The van der Waals surface area contributed by atoms with Crippen molar-refractivity contribution in [2.45, 2.75) is 13.5 Å². The van der Waals surface area contributed by atoms with Gasteiger partial charge in [-0.2, -0.15) is 0 Å². The Labute approximate surface area is 149 Å². The van der Waals surface area contributed by atoms with Gasteiger partial charge in [-0.1, -0.05) is 33.2 Å². The maximum atomic E-state index is 11.0. The molecule has 0 amide bonds. The van der Waals surface area contributed by atoms with Crippen molar-refractivity contribution >= 4 is 27.6 Å². The first kappa shape index (κ1) is 18.0. The highest BCUT2D eigenvalue weighted by Gasteiger charge is 2.03. The number of oxime groups is 1. The van der Waals surface area contributed by atoms with Crippen LogP contribution in [0.1, 0.15) is 18.1 Å². The fraction of sp³-hybridized carbons (Fsp3) is 0.222. The van der Waals surface area contributed by atoms with E-state index in [0.29, 0.717) is 12.4 Å². The molecule has 0 bridgehead atoms. The third-order valence-corrected chi connectivity index (χ3v) is 3.73. The molecular weight excluding hydrogens is 374 g/mol. The molecule has 2 aromatic rings. The van der Waals surface area contributed by atoms with Gasteiger partial charge in [-0.25, -0.2) is 4.79 Å². The number of halogens is 1. The van der Waals surface area contributed by atoms with Gasteiger partial charge in [0.25, 0.3) is 0 Å². The standard InChI is InChI=1S/C18H18BrNO4/c1-13(20-24-11-14-3-7-16(19)8-4-14)15-5-9-17(10-6-15)23-12-18(21)22-2/h3-10H,11-12H2,1-2H3. The van der Waals surface area contributed by atoms with E-state index in [1.165, 1.54) is 7.11 Å². The summed E-state index contributed by atoms with van der Waals surface area (Å²) in [5.41, 5.74) is 2.71. The van der Waals surface area contributed by atoms with Crippen LogP contribution in [0.5, 0.6) is 5.75 Å². The Kier molecular flexibility index (Phi) is 6.81. The van der Waals surface area contributed by atoms with Crippen molar-refractivity contribution in [1.29, 1.82) is 0 Å². The predicted octanol–water partition coefficient (Wildman–Crippen LogP) is 3.94. The fourth-order valence-electron chi connectivity index (χ4n) is 1.83. The largest absolute Gasteiger partial charge is 0.482 e. The summed E-state index contributed by atoms with van der Waals surface area (Å²) in [5, 5.41) is 4.12. The number of carbonyl (C=O) groups excluding carboxylic acids is 1. The zero-order valence-corrected chi connectivity index (χ0v) is 15.1. The topological polar surface area (TPSA) is 57.1 Å². The summed E-state index contributed by atoms with van der Waals surface area (Å²) in [4.78, 5) is 16.4. The summed E-state index contributed by atoms with van der Waals surface area (Å²) < 4.78 is 10.8. The third kappa shape index (κ3) is 5.70. The maximum absolute atomic E-state index is 11.0. The second kappa shape index (κ2) is 9.08. The zero-order valence-electron chi connectivity index (χ0n) is 13.5. The molecular formula is C18H18BrNO4. The number of benzene rings is 2. The van der Waals surface area contributed by atoms with Gasteiger partial charge in [0.1, 0.15) is 12.4 Å². The molecule has 0 aliphatic heterocycles. The number of carbonyl (C=O) groups is 1. The van der Waals surface area contributed by atoms with E-state index in [1.807, 2.05) is 43.3 Å².